The van der Waals surface area contributed by atoms with Crippen molar-refractivity contribution in [1.82, 2.24) is 4.98 Å². The molecule has 0 fully saturated rings. The smallest absolute Gasteiger partial charge is 0.337 e. The summed E-state index contributed by atoms with van der Waals surface area (Å²) in [4.78, 5) is 15.8. The topological polar surface area (TPSA) is 75.0 Å². The number of benzene rings is 1. The summed E-state index contributed by atoms with van der Waals surface area (Å²) in [5.41, 5.74) is 1.28. The second-order valence-electron chi connectivity index (χ2n) is 3.34. The van der Waals surface area contributed by atoms with Crippen molar-refractivity contribution in [2.75, 3.05) is 12.4 Å². The zero-order valence-electron chi connectivity index (χ0n) is 9.51. The molecule has 0 amide bonds. The average Bonchev–Trinajstić information content (AvgIpc) is 2.86. The number of carbonyl (C=O) groups excluding carboxylic acids is 1. The van der Waals surface area contributed by atoms with Crippen molar-refractivity contribution in [1.29, 1.82) is 5.26 Å². The number of nitriles is 1. The molecule has 1 aromatic carbocycles. The summed E-state index contributed by atoms with van der Waals surface area (Å²) in [6.07, 6.45) is 1.51. The molecule has 0 aliphatic heterocycles. The van der Waals surface area contributed by atoms with Crippen LogP contribution in [0, 0.1) is 11.3 Å². The lowest BCUT2D eigenvalue weighted by atomic mass is 10.2. The summed E-state index contributed by atoms with van der Waals surface area (Å²) in [6, 6.07) is 8.84. The van der Waals surface area contributed by atoms with Gasteiger partial charge in [0, 0.05) is 5.69 Å². The molecule has 0 unspecified atom stereocenters. The van der Waals surface area contributed by atoms with Gasteiger partial charge in [-0.3, -0.25) is 0 Å². The van der Waals surface area contributed by atoms with E-state index in [1.54, 1.807) is 24.3 Å². The molecule has 6 heteroatoms. The molecule has 0 saturated heterocycles. The van der Waals surface area contributed by atoms with Gasteiger partial charge in [-0.1, -0.05) is 11.3 Å². The number of ether oxygens (including phenoxy) is 1. The van der Waals surface area contributed by atoms with Crippen molar-refractivity contribution >= 4 is 28.1 Å². The first-order valence-electron chi connectivity index (χ1n) is 5.04. The molecule has 0 spiro atoms. The van der Waals surface area contributed by atoms with Crippen LogP contribution in [-0.4, -0.2) is 18.1 Å². The van der Waals surface area contributed by atoms with Gasteiger partial charge in [-0.2, -0.15) is 5.26 Å². The van der Waals surface area contributed by atoms with Gasteiger partial charge in [0.25, 0.3) is 0 Å². The van der Waals surface area contributed by atoms with E-state index in [4.69, 9.17) is 5.26 Å². The largest absolute Gasteiger partial charge is 0.465 e. The van der Waals surface area contributed by atoms with Crippen molar-refractivity contribution in [2.24, 2.45) is 0 Å². The van der Waals surface area contributed by atoms with Gasteiger partial charge < -0.3 is 10.1 Å². The number of esters is 1. The highest BCUT2D eigenvalue weighted by Crippen LogP contribution is 2.22. The molecular weight excluding hydrogens is 250 g/mol. The molecule has 1 N–H and O–H groups in total. The molecule has 0 bridgehead atoms. The van der Waals surface area contributed by atoms with E-state index in [-0.39, 0.29) is 5.97 Å². The molecule has 90 valence electrons. The van der Waals surface area contributed by atoms with Crippen molar-refractivity contribution < 1.29 is 9.53 Å². The molecule has 2 rings (SSSR count). The number of thiazole rings is 1. The number of hydrogen-bond acceptors (Lipinski definition) is 6. The minimum absolute atomic E-state index is 0.373. The third-order valence-corrected chi connectivity index (χ3v) is 2.99. The molecule has 1 aromatic heterocycles. The van der Waals surface area contributed by atoms with Gasteiger partial charge in [-0.05, 0) is 24.3 Å². The Balaban J connectivity index is 2.11. The highest BCUT2D eigenvalue weighted by molar-refractivity contribution is 7.16. The minimum atomic E-state index is -0.373. The highest BCUT2D eigenvalue weighted by atomic mass is 32.1. The maximum atomic E-state index is 11.2. The molecule has 0 aliphatic rings. The van der Waals surface area contributed by atoms with Crippen LogP contribution in [-0.2, 0) is 4.74 Å². The van der Waals surface area contributed by atoms with E-state index >= 15 is 0 Å². The van der Waals surface area contributed by atoms with E-state index in [0.29, 0.717) is 15.6 Å². The number of rotatable bonds is 3. The Bertz CT molecular complexity index is 599. The van der Waals surface area contributed by atoms with Gasteiger partial charge in [0.15, 0.2) is 5.13 Å². The van der Waals surface area contributed by atoms with Crippen molar-refractivity contribution in [3.63, 3.8) is 0 Å². The Hall–Kier alpha value is -2.39. The summed E-state index contributed by atoms with van der Waals surface area (Å²) in [7, 11) is 1.34. The fourth-order valence-electron chi connectivity index (χ4n) is 1.31. The summed E-state index contributed by atoms with van der Waals surface area (Å²) in [6.45, 7) is 0. The third-order valence-electron chi connectivity index (χ3n) is 2.17. The summed E-state index contributed by atoms with van der Waals surface area (Å²) >= 11 is 1.27. The first-order valence-corrected chi connectivity index (χ1v) is 5.86. The summed E-state index contributed by atoms with van der Waals surface area (Å²) < 4.78 is 4.61. The molecule has 5 nitrogen and oxygen atoms in total. The number of nitrogens with one attached hydrogen (secondary N) is 1. The predicted octanol–water partition coefficient (Wildman–Crippen LogP) is 2.54. The van der Waals surface area contributed by atoms with Crippen LogP contribution in [0.15, 0.2) is 30.5 Å². The van der Waals surface area contributed by atoms with Crippen LogP contribution in [0.3, 0.4) is 0 Å². The number of aromatic nitrogens is 1. The van der Waals surface area contributed by atoms with E-state index in [1.165, 1.54) is 24.6 Å². The zero-order valence-corrected chi connectivity index (χ0v) is 10.3. The number of carbonyl (C=O) groups is 1. The van der Waals surface area contributed by atoms with Crippen molar-refractivity contribution in [3.05, 3.63) is 40.9 Å². The molecule has 1 heterocycles. The lowest BCUT2D eigenvalue weighted by Crippen LogP contribution is -2.00. The molecule has 0 atom stereocenters. The standard InChI is InChI=1S/C12H9N3O2S/c1-17-11(16)8-2-4-9(5-3-8)15-12-14-7-10(6-13)18-12/h2-5,7H,1H3,(H,14,15). The number of hydrogen-bond donors (Lipinski definition) is 1. The fraction of sp³-hybridized carbons (Fsp3) is 0.0833. The van der Waals surface area contributed by atoms with E-state index < -0.39 is 0 Å². The van der Waals surface area contributed by atoms with Gasteiger partial charge >= 0.3 is 5.97 Å². The van der Waals surface area contributed by atoms with E-state index in [9.17, 15) is 4.79 Å². The molecular formula is C12H9N3O2S. The molecule has 2 aromatic rings. The second-order valence-corrected chi connectivity index (χ2v) is 4.37. The van der Waals surface area contributed by atoms with E-state index in [1.807, 2.05) is 6.07 Å². The summed E-state index contributed by atoms with van der Waals surface area (Å²) in [5, 5.41) is 12.4. The minimum Gasteiger partial charge on any atom is -0.465 e. The quantitative estimate of drug-likeness (QED) is 0.857. The maximum Gasteiger partial charge on any atom is 0.337 e. The van der Waals surface area contributed by atoms with E-state index in [0.717, 1.165) is 5.69 Å². The average molecular weight is 259 g/mol. The Morgan fingerprint density at radius 2 is 2.17 bits per heavy atom. The van der Waals surface area contributed by atoms with Crippen molar-refractivity contribution in [2.45, 2.75) is 0 Å². The van der Waals surface area contributed by atoms with Crippen LogP contribution in [0.2, 0.25) is 0 Å². The lowest BCUT2D eigenvalue weighted by molar-refractivity contribution is 0.0601. The lowest BCUT2D eigenvalue weighted by Gasteiger charge is -2.03. The van der Waals surface area contributed by atoms with Gasteiger partial charge in [0.2, 0.25) is 0 Å². The van der Waals surface area contributed by atoms with Gasteiger partial charge in [0.05, 0.1) is 18.9 Å². The Kier molecular flexibility index (Phi) is 3.55. The van der Waals surface area contributed by atoms with Crippen LogP contribution >= 0.6 is 11.3 Å². The van der Waals surface area contributed by atoms with Crippen LogP contribution in [0.5, 0.6) is 0 Å². The number of nitrogens with zero attached hydrogens (tertiary/aromatic N) is 2. The summed E-state index contributed by atoms with van der Waals surface area (Å²) in [5.74, 6) is -0.373. The van der Waals surface area contributed by atoms with E-state index in [2.05, 4.69) is 15.0 Å². The van der Waals surface area contributed by atoms with Gasteiger partial charge in [-0.25, -0.2) is 9.78 Å². The van der Waals surface area contributed by atoms with Crippen molar-refractivity contribution in [3.8, 4) is 6.07 Å². The molecule has 0 saturated carbocycles. The molecule has 18 heavy (non-hydrogen) atoms. The normalized spacial score (nSPS) is 9.56. The zero-order chi connectivity index (χ0) is 13.0. The van der Waals surface area contributed by atoms with Crippen LogP contribution < -0.4 is 5.32 Å². The fourth-order valence-corrected chi connectivity index (χ4v) is 1.95. The maximum absolute atomic E-state index is 11.2. The predicted molar refractivity (Wildman–Crippen MR) is 67.9 cm³/mol. The van der Waals surface area contributed by atoms with Crippen LogP contribution in [0.25, 0.3) is 0 Å². The Morgan fingerprint density at radius 3 is 2.72 bits per heavy atom. The van der Waals surface area contributed by atoms with Gasteiger partial charge in [0.1, 0.15) is 10.9 Å². The first-order chi connectivity index (χ1) is 8.72. The Labute approximate surface area is 108 Å². The number of methoxy groups -OCH3 is 1. The van der Waals surface area contributed by atoms with Crippen LogP contribution in [0.1, 0.15) is 15.2 Å². The first kappa shape index (κ1) is 12.1. The second kappa shape index (κ2) is 5.29. The SMILES string of the molecule is COC(=O)c1ccc(Nc2ncc(C#N)s2)cc1. The third kappa shape index (κ3) is 2.64. The Morgan fingerprint density at radius 1 is 1.44 bits per heavy atom. The molecule has 0 aliphatic carbocycles. The van der Waals surface area contributed by atoms with Crippen LogP contribution in [0.4, 0.5) is 10.8 Å². The molecule has 0 radical (unpaired) electrons. The number of anilines is 2. The highest BCUT2D eigenvalue weighted by Gasteiger charge is 2.05. The van der Waals surface area contributed by atoms with Gasteiger partial charge in [-0.15, -0.1) is 0 Å². The monoisotopic (exact) mass is 259 g/mol.